The predicted molar refractivity (Wildman–Crippen MR) is 60.2 cm³/mol. The number of aliphatic hydroxyl groups excluding tert-OH is 1. The van der Waals surface area contributed by atoms with Crippen LogP contribution >= 0.6 is 11.5 Å². The molecular formula is C9H12N4O2S. The molecule has 1 aliphatic carbocycles. The third kappa shape index (κ3) is 2.77. The SMILES string of the molecule is O=C(Nc1cnns1)N[C@@H]1C=C[C@H](CO)C1. The van der Waals surface area contributed by atoms with Crippen LogP contribution in [0.3, 0.4) is 0 Å². The second-order valence-electron chi connectivity index (χ2n) is 3.55. The van der Waals surface area contributed by atoms with Crippen LogP contribution in [0.5, 0.6) is 0 Å². The lowest BCUT2D eigenvalue weighted by atomic mass is 10.1. The highest BCUT2D eigenvalue weighted by Crippen LogP contribution is 2.17. The summed E-state index contributed by atoms with van der Waals surface area (Å²) in [6, 6.07) is -0.294. The van der Waals surface area contributed by atoms with Crippen LogP contribution in [0.25, 0.3) is 0 Å². The predicted octanol–water partition coefficient (Wildman–Crippen LogP) is 0.597. The maximum absolute atomic E-state index is 11.5. The molecule has 0 aliphatic heterocycles. The standard InChI is InChI=1S/C9H12N4O2S/c14-5-6-1-2-7(3-6)11-9(15)12-8-4-10-13-16-8/h1-2,4,6-7,14H,3,5H2,(H2,11,12,15)/t6-,7+/m0/s1. The van der Waals surface area contributed by atoms with Gasteiger partial charge in [0.2, 0.25) is 0 Å². The van der Waals surface area contributed by atoms with Crippen molar-refractivity contribution in [3.8, 4) is 0 Å². The van der Waals surface area contributed by atoms with Gasteiger partial charge in [-0.05, 0) is 6.42 Å². The van der Waals surface area contributed by atoms with Crippen molar-refractivity contribution in [3.63, 3.8) is 0 Å². The van der Waals surface area contributed by atoms with Crippen molar-refractivity contribution in [1.29, 1.82) is 0 Å². The molecule has 0 spiro atoms. The Balaban J connectivity index is 1.78. The van der Waals surface area contributed by atoms with Crippen LogP contribution in [0.15, 0.2) is 18.3 Å². The Bertz CT molecular complexity index is 379. The molecule has 1 aliphatic rings. The third-order valence-electron chi connectivity index (χ3n) is 2.32. The maximum atomic E-state index is 11.5. The quantitative estimate of drug-likeness (QED) is 0.675. The lowest BCUT2D eigenvalue weighted by Gasteiger charge is -2.12. The molecule has 0 saturated carbocycles. The van der Waals surface area contributed by atoms with Gasteiger partial charge in [0.05, 0.1) is 6.20 Å². The summed E-state index contributed by atoms with van der Waals surface area (Å²) in [5, 5.41) is 18.6. The molecule has 0 aromatic carbocycles. The van der Waals surface area contributed by atoms with Gasteiger partial charge in [-0.25, -0.2) is 4.79 Å². The second kappa shape index (κ2) is 5.04. The van der Waals surface area contributed by atoms with E-state index in [2.05, 4.69) is 20.2 Å². The van der Waals surface area contributed by atoms with Crippen molar-refractivity contribution in [3.05, 3.63) is 18.3 Å². The van der Waals surface area contributed by atoms with Gasteiger partial charge in [0.1, 0.15) is 5.00 Å². The number of nitrogens with one attached hydrogen (secondary N) is 2. The largest absolute Gasteiger partial charge is 0.396 e. The lowest BCUT2D eigenvalue weighted by molar-refractivity contribution is 0.238. The number of carbonyl (C=O) groups is 1. The number of hydrogen-bond donors (Lipinski definition) is 3. The van der Waals surface area contributed by atoms with Gasteiger partial charge >= 0.3 is 6.03 Å². The molecule has 16 heavy (non-hydrogen) atoms. The first-order valence-corrected chi connectivity index (χ1v) is 5.69. The van der Waals surface area contributed by atoms with Gasteiger partial charge in [-0.1, -0.05) is 16.6 Å². The average molecular weight is 240 g/mol. The van der Waals surface area contributed by atoms with Gasteiger partial charge in [-0.3, -0.25) is 5.32 Å². The van der Waals surface area contributed by atoms with Crippen molar-refractivity contribution >= 4 is 22.6 Å². The van der Waals surface area contributed by atoms with E-state index in [1.54, 1.807) is 0 Å². The fourth-order valence-corrected chi connectivity index (χ4v) is 1.97. The molecule has 86 valence electrons. The van der Waals surface area contributed by atoms with Crippen LogP contribution in [0.4, 0.5) is 9.80 Å². The topological polar surface area (TPSA) is 87.1 Å². The molecule has 2 amide bonds. The van der Waals surface area contributed by atoms with Gasteiger partial charge < -0.3 is 10.4 Å². The number of anilines is 1. The zero-order valence-electron chi connectivity index (χ0n) is 8.46. The number of hydrogen-bond acceptors (Lipinski definition) is 5. The van der Waals surface area contributed by atoms with E-state index in [-0.39, 0.29) is 24.6 Å². The Kier molecular flexibility index (Phi) is 3.47. The van der Waals surface area contributed by atoms with Gasteiger partial charge in [0.15, 0.2) is 0 Å². The highest BCUT2D eigenvalue weighted by molar-refractivity contribution is 7.10. The fourth-order valence-electron chi connectivity index (χ4n) is 1.56. The van der Waals surface area contributed by atoms with E-state index in [0.717, 1.165) is 18.0 Å². The summed E-state index contributed by atoms with van der Waals surface area (Å²) in [7, 11) is 0. The smallest absolute Gasteiger partial charge is 0.320 e. The number of amides is 2. The second-order valence-corrected chi connectivity index (χ2v) is 4.34. The number of aliphatic hydroxyl groups is 1. The number of urea groups is 1. The summed E-state index contributed by atoms with van der Waals surface area (Å²) in [6.07, 6.45) is 6.04. The molecule has 0 radical (unpaired) electrons. The van der Waals surface area contributed by atoms with Crippen molar-refractivity contribution < 1.29 is 9.90 Å². The Hall–Kier alpha value is -1.47. The zero-order valence-corrected chi connectivity index (χ0v) is 9.28. The minimum atomic E-state index is -0.278. The molecule has 1 aromatic rings. The molecule has 6 nitrogen and oxygen atoms in total. The van der Waals surface area contributed by atoms with Crippen molar-refractivity contribution in [2.45, 2.75) is 12.5 Å². The average Bonchev–Trinajstić information content (AvgIpc) is 2.89. The molecule has 0 saturated heterocycles. The molecule has 3 N–H and O–H groups in total. The Labute approximate surface area is 96.5 Å². The van der Waals surface area contributed by atoms with Crippen molar-refractivity contribution in [2.24, 2.45) is 5.92 Å². The van der Waals surface area contributed by atoms with E-state index in [1.165, 1.54) is 6.20 Å². The number of carbonyl (C=O) groups excluding carboxylic acids is 1. The van der Waals surface area contributed by atoms with E-state index < -0.39 is 0 Å². The molecule has 7 heteroatoms. The monoisotopic (exact) mass is 240 g/mol. The molecule has 0 fully saturated rings. The van der Waals surface area contributed by atoms with Crippen LogP contribution in [0, 0.1) is 5.92 Å². The summed E-state index contributed by atoms with van der Waals surface area (Å²) < 4.78 is 3.63. The van der Waals surface area contributed by atoms with Gasteiger partial charge in [0, 0.05) is 30.1 Å². The van der Waals surface area contributed by atoms with Crippen LogP contribution in [0.1, 0.15) is 6.42 Å². The molecule has 0 unspecified atom stereocenters. The summed E-state index contributed by atoms with van der Waals surface area (Å²) in [6.45, 7) is 0.120. The summed E-state index contributed by atoms with van der Waals surface area (Å²) >= 11 is 1.12. The summed E-state index contributed by atoms with van der Waals surface area (Å²) in [4.78, 5) is 11.5. The van der Waals surface area contributed by atoms with E-state index >= 15 is 0 Å². The first kappa shape index (κ1) is 11.0. The number of rotatable bonds is 3. The Morgan fingerprint density at radius 3 is 3.12 bits per heavy atom. The molecule has 1 heterocycles. The van der Waals surface area contributed by atoms with E-state index in [1.807, 2.05) is 12.2 Å². The highest BCUT2D eigenvalue weighted by atomic mass is 32.1. The normalized spacial score (nSPS) is 23.3. The molecular weight excluding hydrogens is 228 g/mol. The summed E-state index contributed by atoms with van der Waals surface area (Å²) in [5.41, 5.74) is 0. The maximum Gasteiger partial charge on any atom is 0.320 e. The molecule has 2 atom stereocenters. The van der Waals surface area contributed by atoms with Crippen LogP contribution in [-0.4, -0.2) is 33.4 Å². The fraction of sp³-hybridized carbons (Fsp3) is 0.444. The minimum absolute atomic E-state index is 0.0157. The van der Waals surface area contributed by atoms with Crippen LogP contribution < -0.4 is 10.6 Å². The van der Waals surface area contributed by atoms with Gasteiger partial charge in [-0.15, -0.1) is 5.10 Å². The van der Waals surface area contributed by atoms with Crippen molar-refractivity contribution in [1.82, 2.24) is 14.9 Å². The first-order chi connectivity index (χ1) is 7.78. The zero-order chi connectivity index (χ0) is 11.4. The first-order valence-electron chi connectivity index (χ1n) is 4.92. The molecule has 1 aromatic heterocycles. The van der Waals surface area contributed by atoms with Crippen LogP contribution in [0.2, 0.25) is 0 Å². The number of nitrogens with zero attached hydrogens (tertiary/aromatic N) is 2. The van der Waals surface area contributed by atoms with E-state index in [9.17, 15) is 4.79 Å². The van der Waals surface area contributed by atoms with Gasteiger partial charge in [0.25, 0.3) is 0 Å². The van der Waals surface area contributed by atoms with Gasteiger partial charge in [-0.2, -0.15) is 0 Å². The third-order valence-corrected chi connectivity index (χ3v) is 2.90. The van der Waals surface area contributed by atoms with E-state index in [0.29, 0.717) is 5.00 Å². The van der Waals surface area contributed by atoms with Crippen molar-refractivity contribution in [2.75, 3.05) is 11.9 Å². The Morgan fingerprint density at radius 2 is 2.50 bits per heavy atom. The molecule has 0 bridgehead atoms. The number of aromatic nitrogens is 2. The summed E-state index contributed by atoms with van der Waals surface area (Å²) in [5.74, 6) is 0.148. The lowest BCUT2D eigenvalue weighted by Crippen LogP contribution is -2.36. The Morgan fingerprint density at radius 1 is 1.62 bits per heavy atom. The minimum Gasteiger partial charge on any atom is -0.396 e. The molecule has 2 rings (SSSR count). The van der Waals surface area contributed by atoms with E-state index in [4.69, 9.17) is 5.11 Å². The van der Waals surface area contributed by atoms with Crippen LogP contribution in [-0.2, 0) is 0 Å². The highest BCUT2D eigenvalue weighted by Gasteiger charge is 2.19.